The van der Waals surface area contributed by atoms with E-state index in [-0.39, 0.29) is 11.4 Å². The number of urea groups is 1. The predicted octanol–water partition coefficient (Wildman–Crippen LogP) is 3.32. The Balaban J connectivity index is 1.62. The van der Waals surface area contributed by atoms with E-state index in [9.17, 15) is 22.8 Å². The van der Waals surface area contributed by atoms with Crippen molar-refractivity contribution < 1.29 is 22.8 Å². The van der Waals surface area contributed by atoms with E-state index in [1.54, 1.807) is 12.1 Å². The van der Waals surface area contributed by atoms with Crippen LogP contribution < -0.4 is 10.6 Å². The average Bonchev–Trinajstić information content (AvgIpc) is 3.13. The van der Waals surface area contributed by atoms with Gasteiger partial charge in [-0.25, -0.2) is 4.79 Å². The van der Waals surface area contributed by atoms with Crippen molar-refractivity contribution in [3.8, 4) is 11.4 Å². The molecular weight excluding hydrogens is 401 g/mol. The maximum absolute atomic E-state index is 12.8. The first-order chi connectivity index (χ1) is 14.1. The second kappa shape index (κ2) is 8.31. The maximum Gasteiger partial charge on any atom is 0.416 e. The van der Waals surface area contributed by atoms with E-state index in [2.05, 4.69) is 26.0 Å². The predicted molar refractivity (Wildman–Crippen MR) is 101 cm³/mol. The number of halogens is 3. The van der Waals surface area contributed by atoms with Crippen LogP contribution >= 0.6 is 0 Å². The normalized spacial score (nSPS) is 11.2. The van der Waals surface area contributed by atoms with Crippen LogP contribution in [-0.2, 0) is 17.5 Å². The van der Waals surface area contributed by atoms with E-state index < -0.39 is 30.2 Å². The van der Waals surface area contributed by atoms with Crippen molar-refractivity contribution in [3.05, 3.63) is 59.2 Å². The maximum atomic E-state index is 12.8. The number of hydrogen-bond acceptors (Lipinski definition) is 5. The molecular formula is C19H17F3N6O2. The highest BCUT2D eigenvalue weighted by molar-refractivity contribution is 6.01. The average molecular weight is 418 g/mol. The summed E-state index contributed by atoms with van der Waals surface area (Å²) < 4.78 is 38.5. The number of alkyl halides is 3. The molecule has 0 fully saturated rings. The van der Waals surface area contributed by atoms with Crippen LogP contribution in [0.5, 0.6) is 0 Å². The van der Waals surface area contributed by atoms with E-state index in [1.165, 1.54) is 12.1 Å². The summed E-state index contributed by atoms with van der Waals surface area (Å²) in [4.78, 5) is 25.0. The zero-order valence-electron chi connectivity index (χ0n) is 16.0. The Morgan fingerprint density at radius 1 is 1.10 bits per heavy atom. The molecule has 0 aliphatic rings. The molecule has 0 aliphatic carbocycles. The van der Waals surface area contributed by atoms with Crippen molar-refractivity contribution in [2.45, 2.75) is 26.6 Å². The molecule has 0 saturated carbocycles. The molecule has 0 saturated heterocycles. The number of imide groups is 1. The standard InChI is InChI=1S/C19H17F3N6O2/c1-11-5-3-8-15(12(11)2)23-18(30)24-16(29)10-28-26-17(25-27-28)13-6-4-7-14(9-13)19(20,21)22/h3-9H,10H2,1-2H3,(H2,23,24,29,30). The minimum absolute atomic E-state index is 0.0752. The van der Waals surface area contributed by atoms with Crippen molar-refractivity contribution in [1.82, 2.24) is 25.5 Å². The molecule has 0 atom stereocenters. The topological polar surface area (TPSA) is 102 Å². The molecule has 0 aliphatic heterocycles. The summed E-state index contributed by atoms with van der Waals surface area (Å²) in [6, 6.07) is 9.07. The number of carbonyl (C=O) groups excluding carboxylic acids is 2. The summed E-state index contributed by atoms with van der Waals surface area (Å²) in [6.45, 7) is 3.29. The fourth-order valence-electron chi connectivity index (χ4n) is 2.60. The number of anilines is 1. The molecule has 0 bridgehead atoms. The van der Waals surface area contributed by atoms with Gasteiger partial charge in [-0.05, 0) is 48.4 Å². The van der Waals surface area contributed by atoms with E-state index in [1.807, 2.05) is 19.9 Å². The second-order valence-electron chi connectivity index (χ2n) is 6.47. The molecule has 11 heteroatoms. The quantitative estimate of drug-likeness (QED) is 0.677. The molecule has 3 amide bonds. The van der Waals surface area contributed by atoms with Gasteiger partial charge in [0.1, 0.15) is 6.54 Å². The Hall–Kier alpha value is -3.76. The van der Waals surface area contributed by atoms with Crippen LogP contribution in [0.2, 0.25) is 0 Å². The van der Waals surface area contributed by atoms with Gasteiger partial charge in [-0.15, -0.1) is 10.2 Å². The number of tetrazole rings is 1. The summed E-state index contributed by atoms with van der Waals surface area (Å²) >= 11 is 0. The third-order valence-electron chi connectivity index (χ3n) is 4.29. The van der Waals surface area contributed by atoms with Gasteiger partial charge in [0.05, 0.1) is 5.56 Å². The van der Waals surface area contributed by atoms with Crippen LogP contribution in [0.1, 0.15) is 16.7 Å². The highest BCUT2D eigenvalue weighted by atomic mass is 19.4. The Morgan fingerprint density at radius 2 is 1.83 bits per heavy atom. The lowest BCUT2D eigenvalue weighted by Gasteiger charge is -2.10. The molecule has 156 valence electrons. The third kappa shape index (κ3) is 4.99. The molecule has 30 heavy (non-hydrogen) atoms. The second-order valence-corrected chi connectivity index (χ2v) is 6.47. The summed E-state index contributed by atoms with van der Waals surface area (Å²) in [5, 5.41) is 15.9. The first-order valence-corrected chi connectivity index (χ1v) is 8.76. The van der Waals surface area contributed by atoms with Crippen molar-refractivity contribution in [1.29, 1.82) is 0 Å². The van der Waals surface area contributed by atoms with Gasteiger partial charge in [0.2, 0.25) is 5.82 Å². The molecule has 0 radical (unpaired) electrons. The fourth-order valence-corrected chi connectivity index (χ4v) is 2.60. The summed E-state index contributed by atoms with van der Waals surface area (Å²) in [5.74, 6) is -0.792. The Morgan fingerprint density at radius 3 is 2.57 bits per heavy atom. The van der Waals surface area contributed by atoms with Crippen LogP contribution in [-0.4, -0.2) is 32.1 Å². The first kappa shape index (κ1) is 21.0. The monoisotopic (exact) mass is 418 g/mol. The molecule has 8 nitrogen and oxygen atoms in total. The lowest BCUT2D eigenvalue weighted by Crippen LogP contribution is -2.37. The van der Waals surface area contributed by atoms with Gasteiger partial charge >= 0.3 is 12.2 Å². The highest BCUT2D eigenvalue weighted by Crippen LogP contribution is 2.31. The largest absolute Gasteiger partial charge is 0.416 e. The highest BCUT2D eigenvalue weighted by Gasteiger charge is 2.30. The van der Waals surface area contributed by atoms with Crippen LogP contribution in [0.3, 0.4) is 0 Å². The van der Waals surface area contributed by atoms with Gasteiger partial charge in [0.25, 0.3) is 5.91 Å². The lowest BCUT2D eigenvalue weighted by atomic mass is 10.1. The Bertz CT molecular complexity index is 1090. The molecule has 1 heterocycles. The molecule has 3 aromatic rings. The number of carbonyl (C=O) groups is 2. The minimum atomic E-state index is -4.51. The van der Waals surface area contributed by atoms with Crippen LogP contribution in [0.4, 0.5) is 23.7 Å². The smallest absolute Gasteiger partial charge is 0.307 e. The van der Waals surface area contributed by atoms with Gasteiger partial charge in [-0.3, -0.25) is 10.1 Å². The number of aryl methyl sites for hydroxylation is 1. The number of hydrogen-bond donors (Lipinski definition) is 2. The van der Waals surface area contributed by atoms with Crippen LogP contribution in [0.25, 0.3) is 11.4 Å². The van der Waals surface area contributed by atoms with E-state index in [0.717, 1.165) is 28.1 Å². The van der Waals surface area contributed by atoms with Crippen molar-refractivity contribution in [3.63, 3.8) is 0 Å². The minimum Gasteiger partial charge on any atom is -0.307 e. The summed E-state index contributed by atoms with van der Waals surface area (Å²) in [5.41, 5.74) is 1.66. The van der Waals surface area contributed by atoms with E-state index in [0.29, 0.717) is 5.69 Å². The molecule has 1 aromatic heterocycles. The number of nitrogens with one attached hydrogen (secondary N) is 2. The zero-order chi connectivity index (χ0) is 21.9. The van der Waals surface area contributed by atoms with Gasteiger partial charge in [0.15, 0.2) is 0 Å². The van der Waals surface area contributed by atoms with E-state index >= 15 is 0 Å². The third-order valence-corrected chi connectivity index (χ3v) is 4.29. The number of nitrogens with zero attached hydrogens (tertiary/aromatic N) is 4. The Labute approximate surface area is 169 Å². The van der Waals surface area contributed by atoms with Crippen LogP contribution in [0.15, 0.2) is 42.5 Å². The molecule has 0 spiro atoms. The molecule has 3 rings (SSSR count). The number of rotatable bonds is 4. The van der Waals surface area contributed by atoms with Gasteiger partial charge in [-0.2, -0.15) is 18.0 Å². The van der Waals surface area contributed by atoms with Crippen LogP contribution in [0, 0.1) is 13.8 Å². The molecule has 2 N–H and O–H groups in total. The van der Waals surface area contributed by atoms with E-state index in [4.69, 9.17) is 0 Å². The lowest BCUT2D eigenvalue weighted by molar-refractivity contribution is -0.137. The Kier molecular flexibility index (Phi) is 5.81. The van der Waals surface area contributed by atoms with Gasteiger partial charge < -0.3 is 5.32 Å². The molecule has 2 aromatic carbocycles. The van der Waals surface area contributed by atoms with Crippen molar-refractivity contribution in [2.75, 3.05) is 5.32 Å². The summed E-state index contributed by atoms with van der Waals surface area (Å²) in [7, 11) is 0. The molecule has 0 unspecified atom stereocenters. The zero-order valence-corrected chi connectivity index (χ0v) is 16.0. The van der Waals surface area contributed by atoms with Gasteiger partial charge in [0, 0.05) is 11.3 Å². The van der Waals surface area contributed by atoms with Crippen molar-refractivity contribution >= 4 is 17.6 Å². The van der Waals surface area contributed by atoms with Crippen molar-refractivity contribution in [2.24, 2.45) is 0 Å². The number of aromatic nitrogens is 4. The number of benzene rings is 2. The first-order valence-electron chi connectivity index (χ1n) is 8.76. The number of amides is 3. The van der Waals surface area contributed by atoms with Gasteiger partial charge in [-0.1, -0.05) is 24.3 Å². The fraction of sp³-hybridized carbons (Fsp3) is 0.211. The summed E-state index contributed by atoms with van der Waals surface area (Å²) in [6.07, 6.45) is -4.51. The SMILES string of the molecule is Cc1cccc(NC(=O)NC(=O)Cn2nnc(-c3cccc(C(F)(F)F)c3)n2)c1C.